The quantitative estimate of drug-likeness (QED) is 0.737. The summed E-state index contributed by atoms with van der Waals surface area (Å²) in [6.07, 6.45) is 1.96. The topological polar surface area (TPSA) is 102 Å². The largest absolute Gasteiger partial charge is 0.383 e. The van der Waals surface area contributed by atoms with Gasteiger partial charge in [0, 0.05) is 26.7 Å². The van der Waals surface area contributed by atoms with Gasteiger partial charge in [-0.1, -0.05) is 19.1 Å². The molecule has 0 aliphatic carbocycles. The molecule has 0 aromatic heterocycles. The molecule has 3 N–H and O–H groups in total. The first-order chi connectivity index (χ1) is 11.8. The van der Waals surface area contributed by atoms with Crippen molar-refractivity contribution in [3.63, 3.8) is 0 Å². The minimum atomic E-state index is -3.45. The summed E-state index contributed by atoms with van der Waals surface area (Å²) in [7, 11) is -1.97. The Bertz CT molecular complexity index is 676. The molecular weight excluding hydrogens is 342 g/mol. The maximum Gasteiger partial charge on any atom is 0.243 e. The Hall–Kier alpha value is -1.48. The fourth-order valence-corrected chi connectivity index (χ4v) is 4.47. The molecular formula is C17H27N3O4S. The highest BCUT2D eigenvalue weighted by Crippen LogP contribution is 2.23. The van der Waals surface area contributed by atoms with Crippen LogP contribution in [0.2, 0.25) is 0 Å². The monoisotopic (exact) mass is 369 g/mol. The summed E-state index contributed by atoms with van der Waals surface area (Å²) in [4.78, 5) is 12.0. The number of piperidine rings is 1. The molecule has 8 heteroatoms. The molecule has 25 heavy (non-hydrogen) atoms. The number of benzene rings is 1. The summed E-state index contributed by atoms with van der Waals surface area (Å²) < 4.78 is 31.8. The van der Waals surface area contributed by atoms with Gasteiger partial charge in [0.15, 0.2) is 0 Å². The van der Waals surface area contributed by atoms with Crippen molar-refractivity contribution in [1.82, 2.24) is 9.62 Å². The summed E-state index contributed by atoms with van der Waals surface area (Å²) >= 11 is 0. The van der Waals surface area contributed by atoms with E-state index in [0.717, 1.165) is 18.4 Å². The Kier molecular flexibility index (Phi) is 6.95. The summed E-state index contributed by atoms with van der Waals surface area (Å²) in [5.41, 5.74) is 6.45. The smallest absolute Gasteiger partial charge is 0.243 e. The molecule has 2 rings (SSSR count). The van der Waals surface area contributed by atoms with Gasteiger partial charge in [-0.2, -0.15) is 4.31 Å². The van der Waals surface area contributed by atoms with E-state index in [1.165, 1.54) is 7.11 Å². The average Bonchev–Trinajstić information content (AvgIpc) is 2.60. The number of nitrogens with two attached hydrogens (primary N) is 1. The van der Waals surface area contributed by atoms with Crippen molar-refractivity contribution in [2.75, 3.05) is 26.8 Å². The molecule has 0 bridgehead atoms. The molecule has 1 heterocycles. The van der Waals surface area contributed by atoms with Crippen molar-refractivity contribution in [3.05, 3.63) is 29.8 Å². The number of hydrogen-bond acceptors (Lipinski definition) is 5. The predicted molar refractivity (Wildman–Crippen MR) is 95.3 cm³/mol. The number of carbonyl (C=O) groups excluding carboxylic acids is 1. The minimum absolute atomic E-state index is 0.150. The third-order valence-corrected chi connectivity index (χ3v) is 6.21. The molecule has 1 fully saturated rings. The van der Waals surface area contributed by atoms with Crippen molar-refractivity contribution in [1.29, 1.82) is 0 Å². The first-order valence-electron chi connectivity index (χ1n) is 8.46. The number of methoxy groups -OCH3 is 1. The van der Waals surface area contributed by atoms with Gasteiger partial charge in [-0.05, 0) is 36.5 Å². The molecule has 2 atom stereocenters. The van der Waals surface area contributed by atoms with Crippen molar-refractivity contribution < 1.29 is 17.9 Å². The predicted octanol–water partition coefficient (Wildman–Crippen LogP) is 0.697. The first kappa shape index (κ1) is 19.8. The van der Waals surface area contributed by atoms with Crippen LogP contribution >= 0.6 is 0 Å². The highest BCUT2D eigenvalue weighted by Gasteiger charge is 2.28. The Labute approximate surface area is 149 Å². The zero-order valence-corrected chi connectivity index (χ0v) is 15.6. The van der Waals surface area contributed by atoms with Crippen molar-refractivity contribution in [2.24, 2.45) is 11.7 Å². The Morgan fingerprint density at radius 2 is 2.08 bits per heavy atom. The van der Waals surface area contributed by atoms with Gasteiger partial charge in [-0.25, -0.2) is 8.42 Å². The van der Waals surface area contributed by atoms with Gasteiger partial charge in [0.2, 0.25) is 15.9 Å². The Morgan fingerprint density at radius 1 is 1.40 bits per heavy atom. The zero-order chi connectivity index (χ0) is 18.4. The summed E-state index contributed by atoms with van der Waals surface area (Å²) in [6, 6.07) is 5.88. The second-order valence-electron chi connectivity index (χ2n) is 6.53. The maximum absolute atomic E-state index is 12.7. The van der Waals surface area contributed by atoms with Gasteiger partial charge in [0.25, 0.3) is 0 Å². The summed E-state index contributed by atoms with van der Waals surface area (Å²) in [5, 5.41) is 2.71. The van der Waals surface area contributed by atoms with Crippen LogP contribution in [-0.4, -0.2) is 51.5 Å². The fourth-order valence-electron chi connectivity index (χ4n) is 2.87. The second kappa shape index (κ2) is 8.75. The highest BCUT2D eigenvalue weighted by molar-refractivity contribution is 7.89. The lowest BCUT2D eigenvalue weighted by Gasteiger charge is -2.30. The lowest BCUT2D eigenvalue weighted by molar-refractivity contribution is -0.123. The van der Waals surface area contributed by atoms with E-state index in [1.54, 1.807) is 28.6 Å². The van der Waals surface area contributed by atoms with Crippen molar-refractivity contribution in [3.8, 4) is 0 Å². The van der Waals surface area contributed by atoms with Crippen LogP contribution in [0.5, 0.6) is 0 Å². The molecule has 1 aromatic carbocycles. The normalized spacial score (nSPS) is 20.2. The van der Waals surface area contributed by atoms with E-state index < -0.39 is 16.1 Å². The van der Waals surface area contributed by atoms with Gasteiger partial charge in [-0.3, -0.25) is 4.79 Å². The van der Waals surface area contributed by atoms with E-state index in [9.17, 15) is 13.2 Å². The van der Waals surface area contributed by atoms with Gasteiger partial charge in [0.1, 0.15) is 6.04 Å². The fraction of sp³-hybridized carbons (Fsp3) is 0.588. The maximum atomic E-state index is 12.7. The van der Waals surface area contributed by atoms with Crippen LogP contribution in [0.25, 0.3) is 0 Å². The zero-order valence-electron chi connectivity index (χ0n) is 14.8. The molecule has 1 amide bonds. The number of carbonyl (C=O) groups is 1. The molecule has 1 aromatic rings. The van der Waals surface area contributed by atoms with Crippen LogP contribution in [0.15, 0.2) is 29.2 Å². The van der Waals surface area contributed by atoms with Crippen LogP contribution in [0.3, 0.4) is 0 Å². The van der Waals surface area contributed by atoms with E-state index in [0.29, 0.717) is 19.0 Å². The van der Waals surface area contributed by atoms with Gasteiger partial charge in [-0.15, -0.1) is 0 Å². The van der Waals surface area contributed by atoms with Crippen LogP contribution in [0, 0.1) is 5.92 Å². The van der Waals surface area contributed by atoms with E-state index in [-0.39, 0.29) is 24.0 Å². The number of rotatable bonds is 7. The van der Waals surface area contributed by atoms with Crippen molar-refractivity contribution in [2.45, 2.75) is 37.2 Å². The number of ether oxygens (including phenoxy) is 1. The third kappa shape index (κ3) is 5.24. The molecule has 7 nitrogen and oxygen atoms in total. The number of hydrogen-bond donors (Lipinski definition) is 2. The van der Waals surface area contributed by atoms with E-state index >= 15 is 0 Å². The molecule has 0 saturated carbocycles. The minimum Gasteiger partial charge on any atom is -0.383 e. The number of sulfonamides is 1. The first-order valence-corrected chi connectivity index (χ1v) is 9.90. The molecule has 0 radical (unpaired) electrons. The van der Waals surface area contributed by atoms with E-state index in [2.05, 4.69) is 12.2 Å². The number of nitrogens with one attached hydrogen (secondary N) is 1. The van der Waals surface area contributed by atoms with Gasteiger partial charge >= 0.3 is 0 Å². The molecule has 140 valence electrons. The summed E-state index contributed by atoms with van der Waals surface area (Å²) in [5.74, 6) is 0.0789. The van der Waals surface area contributed by atoms with Crippen molar-refractivity contribution >= 4 is 15.9 Å². The van der Waals surface area contributed by atoms with E-state index in [4.69, 9.17) is 10.5 Å². The Balaban J connectivity index is 1.98. The molecule has 2 unspecified atom stereocenters. The lowest BCUT2D eigenvalue weighted by atomic mass is 10.0. The molecule has 1 aliphatic rings. The van der Waals surface area contributed by atoms with E-state index in [1.807, 2.05) is 0 Å². The standard InChI is InChI=1S/C17H27N3O4S/c1-13-4-3-9-20(11-13)25(22,23)15-7-5-14(6-8-15)10-19-17(21)16(18)12-24-2/h5-8,13,16H,3-4,9-12,18H2,1-2H3,(H,19,21). The third-order valence-electron chi connectivity index (χ3n) is 4.33. The van der Waals surface area contributed by atoms with Gasteiger partial charge in [0.05, 0.1) is 11.5 Å². The second-order valence-corrected chi connectivity index (χ2v) is 8.47. The van der Waals surface area contributed by atoms with Gasteiger partial charge < -0.3 is 15.8 Å². The number of nitrogens with zero attached hydrogens (tertiary/aromatic N) is 1. The van der Waals surface area contributed by atoms with Crippen LogP contribution in [0.1, 0.15) is 25.3 Å². The molecule has 1 saturated heterocycles. The highest BCUT2D eigenvalue weighted by atomic mass is 32.2. The van der Waals surface area contributed by atoms with Crippen LogP contribution < -0.4 is 11.1 Å². The summed E-state index contributed by atoms with van der Waals surface area (Å²) in [6.45, 7) is 3.65. The Morgan fingerprint density at radius 3 is 2.68 bits per heavy atom. The van der Waals surface area contributed by atoms with Crippen LogP contribution in [-0.2, 0) is 26.1 Å². The number of amides is 1. The SMILES string of the molecule is COCC(N)C(=O)NCc1ccc(S(=O)(=O)N2CCCC(C)C2)cc1. The lowest BCUT2D eigenvalue weighted by Crippen LogP contribution is -2.43. The average molecular weight is 369 g/mol. The molecule has 1 aliphatic heterocycles. The van der Waals surface area contributed by atoms with Crippen LogP contribution in [0.4, 0.5) is 0 Å². The molecule has 0 spiro atoms.